The fraction of sp³-hybridized carbons (Fsp3) is 0.538. The number of halogens is 1. The van der Waals surface area contributed by atoms with Gasteiger partial charge in [-0.15, -0.1) is 0 Å². The Balaban J connectivity index is 2.05. The number of anilines is 1. The van der Waals surface area contributed by atoms with E-state index >= 15 is 0 Å². The third kappa shape index (κ3) is 2.62. The Morgan fingerprint density at radius 3 is 2.75 bits per heavy atom. The minimum atomic E-state index is 0.587. The molecule has 0 aliphatic heterocycles. The molecule has 1 aromatic rings. The van der Waals surface area contributed by atoms with Crippen LogP contribution >= 0.6 is 11.6 Å². The number of benzene rings is 1. The van der Waals surface area contributed by atoms with Crippen LogP contribution in [0.2, 0.25) is 5.02 Å². The standard InChI is InChI=1S/C13H18ClNO/c1-3-12(9-4-5-9)15-10-6-7-13(16-2)11(14)8-10/h6-9,12,15H,3-5H2,1-2H3. The van der Waals surface area contributed by atoms with Crippen LogP contribution in [-0.2, 0) is 0 Å². The van der Waals surface area contributed by atoms with Gasteiger partial charge in [0.25, 0.3) is 0 Å². The predicted octanol–water partition coefficient (Wildman–Crippen LogP) is 3.95. The van der Waals surface area contributed by atoms with Gasteiger partial charge in [0.2, 0.25) is 0 Å². The molecule has 0 saturated heterocycles. The smallest absolute Gasteiger partial charge is 0.137 e. The van der Waals surface area contributed by atoms with Gasteiger partial charge in [0, 0.05) is 11.7 Å². The summed E-state index contributed by atoms with van der Waals surface area (Å²) in [6.07, 6.45) is 3.87. The Labute approximate surface area is 102 Å². The molecule has 2 rings (SSSR count). The van der Waals surface area contributed by atoms with Gasteiger partial charge in [0.05, 0.1) is 12.1 Å². The van der Waals surface area contributed by atoms with E-state index in [1.165, 1.54) is 12.8 Å². The van der Waals surface area contributed by atoms with Gasteiger partial charge in [-0.2, -0.15) is 0 Å². The minimum Gasteiger partial charge on any atom is -0.495 e. The lowest BCUT2D eigenvalue weighted by Crippen LogP contribution is -2.20. The van der Waals surface area contributed by atoms with Crippen LogP contribution in [0.4, 0.5) is 5.69 Å². The van der Waals surface area contributed by atoms with Crippen molar-refractivity contribution in [1.29, 1.82) is 0 Å². The van der Waals surface area contributed by atoms with Crippen molar-refractivity contribution in [3.63, 3.8) is 0 Å². The highest BCUT2D eigenvalue weighted by molar-refractivity contribution is 6.32. The second-order valence-corrected chi connectivity index (χ2v) is 4.75. The molecule has 0 bridgehead atoms. The summed E-state index contributed by atoms with van der Waals surface area (Å²) < 4.78 is 5.13. The summed E-state index contributed by atoms with van der Waals surface area (Å²) in [7, 11) is 1.63. The average molecular weight is 240 g/mol. The van der Waals surface area contributed by atoms with Crippen molar-refractivity contribution >= 4 is 17.3 Å². The highest BCUT2D eigenvalue weighted by atomic mass is 35.5. The summed E-state index contributed by atoms with van der Waals surface area (Å²) in [5.41, 5.74) is 1.09. The maximum atomic E-state index is 6.09. The zero-order valence-corrected chi connectivity index (χ0v) is 10.6. The van der Waals surface area contributed by atoms with Gasteiger partial charge >= 0.3 is 0 Å². The van der Waals surface area contributed by atoms with E-state index in [1.54, 1.807) is 7.11 Å². The van der Waals surface area contributed by atoms with E-state index < -0.39 is 0 Å². The number of ether oxygens (including phenoxy) is 1. The molecule has 1 aliphatic rings. The molecule has 3 heteroatoms. The van der Waals surface area contributed by atoms with Crippen LogP contribution in [0.5, 0.6) is 5.75 Å². The van der Waals surface area contributed by atoms with Gasteiger partial charge in [0.15, 0.2) is 0 Å². The van der Waals surface area contributed by atoms with Crippen LogP contribution in [0.15, 0.2) is 18.2 Å². The fourth-order valence-corrected chi connectivity index (χ4v) is 2.28. The molecule has 1 unspecified atom stereocenters. The molecule has 1 atom stereocenters. The van der Waals surface area contributed by atoms with Gasteiger partial charge in [-0.3, -0.25) is 0 Å². The molecule has 2 nitrogen and oxygen atoms in total. The molecular weight excluding hydrogens is 222 g/mol. The molecule has 1 saturated carbocycles. The fourth-order valence-electron chi connectivity index (χ4n) is 2.02. The van der Waals surface area contributed by atoms with Crippen molar-refractivity contribution in [3.05, 3.63) is 23.2 Å². The largest absolute Gasteiger partial charge is 0.495 e. The van der Waals surface area contributed by atoms with Gasteiger partial charge in [0.1, 0.15) is 5.75 Å². The zero-order valence-electron chi connectivity index (χ0n) is 9.79. The minimum absolute atomic E-state index is 0.587. The van der Waals surface area contributed by atoms with Gasteiger partial charge < -0.3 is 10.1 Å². The average Bonchev–Trinajstić information content (AvgIpc) is 3.10. The summed E-state index contributed by atoms with van der Waals surface area (Å²) in [6.45, 7) is 2.22. The maximum absolute atomic E-state index is 6.09. The van der Waals surface area contributed by atoms with Crippen LogP contribution < -0.4 is 10.1 Å². The van der Waals surface area contributed by atoms with Crippen LogP contribution in [0.25, 0.3) is 0 Å². The molecule has 0 aromatic heterocycles. The highest BCUT2D eigenvalue weighted by Crippen LogP contribution is 2.36. The van der Waals surface area contributed by atoms with Gasteiger partial charge in [-0.25, -0.2) is 0 Å². The lowest BCUT2D eigenvalue weighted by Gasteiger charge is -2.18. The molecular formula is C13H18ClNO. The first kappa shape index (κ1) is 11.6. The molecule has 1 aromatic carbocycles. The molecule has 1 aliphatic carbocycles. The summed E-state index contributed by atoms with van der Waals surface area (Å²) >= 11 is 6.09. The monoisotopic (exact) mass is 239 g/mol. The van der Waals surface area contributed by atoms with E-state index in [2.05, 4.69) is 12.2 Å². The van der Waals surface area contributed by atoms with Crippen LogP contribution in [-0.4, -0.2) is 13.2 Å². The van der Waals surface area contributed by atoms with E-state index in [-0.39, 0.29) is 0 Å². The molecule has 0 amide bonds. The first-order valence-corrected chi connectivity index (χ1v) is 6.22. The molecule has 1 fully saturated rings. The summed E-state index contributed by atoms with van der Waals surface area (Å²) in [4.78, 5) is 0. The quantitative estimate of drug-likeness (QED) is 0.840. The Morgan fingerprint density at radius 2 is 2.25 bits per heavy atom. The van der Waals surface area contributed by atoms with E-state index in [0.29, 0.717) is 11.1 Å². The second kappa shape index (κ2) is 4.96. The van der Waals surface area contributed by atoms with Gasteiger partial charge in [-0.1, -0.05) is 18.5 Å². The van der Waals surface area contributed by atoms with E-state index in [1.807, 2.05) is 18.2 Å². The second-order valence-electron chi connectivity index (χ2n) is 4.35. The predicted molar refractivity (Wildman–Crippen MR) is 68.4 cm³/mol. The van der Waals surface area contributed by atoms with Crippen molar-refractivity contribution in [2.45, 2.75) is 32.2 Å². The van der Waals surface area contributed by atoms with Crippen LogP contribution in [0, 0.1) is 5.92 Å². The SMILES string of the molecule is CCC(Nc1ccc(OC)c(Cl)c1)C1CC1. The number of rotatable bonds is 5. The van der Waals surface area contributed by atoms with E-state index in [4.69, 9.17) is 16.3 Å². The van der Waals surface area contributed by atoms with Crippen molar-refractivity contribution in [2.24, 2.45) is 5.92 Å². The number of nitrogens with one attached hydrogen (secondary N) is 1. The number of hydrogen-bond donors (Lipinski definition) is 1. The van der Waals surface area contributed by atoms with Crippen molar-refractivity contribution in [1.82, 2.24) is 0 Å². The molecule has 16 heavy (non-hydrogen) atoms. The third-order valence-electron chi connectivity index (χ3n) is 3.13. The summed E-state index contributed by atoms with van der Waals surface area (Å²) in [5.74, 6) is 1.58. The maximum Gasteiger partial charge on any atom is 0.137 e. The van der Waals surface area contributed by atoms with E-state index in [0.717, 1.165) is 23.8 Å². The molecule has 0 spiro atoms. The van der Waals surface area contributed by atoms with Crippen LogP contribution in [0.1, 0.15) is 26.2 Å². The lowest BCUT2D eigenvalue weighted by atomic mass is 10.1. The first-order valence-electron chi connectivity index (χ1n) is 5.84. The lowest BCUT2D eigenvalue weighted by molar-refractivity contribution is 0.415. The third-order valence-corrected chi connectivity index (χ3v) is 3.43. The van der Waals surface area contributed by atoms with Crippen molar-refractivity contribution < 1.29 is 4.74 Å². The first-order chi connectivity index (χ1) is 7.74. The van der Waals surface area contributed by atoms with Crippen molar-refractivity contribution in [3.8, 4) is 5.75 Å². The number of methoxy groups -OCH3 is 1. The number of hydrogen-bond acceptors (Lipinski definition) is 2. The topological polar surface area (TPSA) is 21.3 Å². The van der Waals surface area contributed by atoms with Gasteiger partial charge in [-0.05, 0) is 43.4 Å². The Morgan fingerprint density at radius 1 is 1.50 bits per heavy atom. The summed E-state index contributed by atoms with van der Waals surface area (Å²) in [6, 6.07) is 6.45. The van der Waals surface area contributed by atoms with Crippen LogP contribution in [0.3, 0.4) is 0 Å². The Kier molecular flexibility index (Phi) is 3.59. The molecule has 0 heterocycles. The van der Waals surface area contributed by atoms with E-state index in [9.17, 15) is 0 Å². The molecule has 1 N–H and O–H groups in total. The normalized spacial score (nSPS) is 16.9. The Hall–Kier alpha value is -0.890. The highest BCUT2D eigenvalue weighted by Gasteiger charge is 2.29. The molecule has 88 valence electrons. The summed E-state index contributed by atoms with van der Waals surface area (Å²) in [5, 5.41) is 4.21. The van der Waals surface area contributed by atoms with Crippen molar-refractivity contribution in [2.75, 3.05) is 12.4 Å². The molecule has 0 radical (unpaired) electrons. The Bertz CT molecular complexity index is 363. The zero-order chi connectivity index (χ0) is 11.5.